The monoisotopic (exact) mass is 210 g/mol. The van der Waals surface area contributed by atoms with Gasteiger partial charge in [0.2, 0.25) is 0 Å². The summed E-state index contributed by atoms with van der Waals surface area (Å²) in [6, 6.07) is 0. The lowest BCUT2D eigenvalue weighted by molar-refractivity contribution is -0.141. The van der Waals surface area contributed by atoms with Crippen LogP contribution < -0.4 is 0 Å². The van der Waals surface area contributed by atoms with Crippen LogP contribution in [-0.2, 0) is 16.1 Å². The SMILES string of the molecule is CCOC(=O)CC(=O)c1cn(CC)cn1. The summed E-state index contributed by atoms with van der Waals surface area (Å²) in [5, 5.41) is 0. The highest BCUT2D eigenvalue weighted by atomic mass is 16.5. The van der Waals surface area contributed by atoms with Crippen molar-refractivity contribution >= 4 is 11.8 Å². The summed E-state index contributed by atoms with van der Waals surface area (Å²) < 4.78 is 6.45. The molecule has 0 aliphatic carbocycles. The van der Waals surface area contributed by atoms with Crippen LogP contribution in [-0.4, -0.2) is 27.9 Å². The number of nitrogens with zero attached hydrogens (tertiary/aromatic N) is 2. The quantitative estimate of drug-likeness (QED) is 0.414. The van der Waals surface area contributed by atoms with Crippen LogP contribution in [0.2, 0.25) is 0 Å². The van der Waals surface area contributed by atoms with E-state index in [4.69, 9.17) is 0 Å². The van der Waals surface area contributed by atoms with Gasteiger partial charge >= 0.3 is 5.97 Å². The largest absolute Gasteiger partial charge is 0.466 e. The maximum absolute atomic E-state index is 11.5. The molecule has 0 amide bonds. The maximum atomic E-state index is 11.5. The van der Waals surface area contributed by atoms with E-state index in [0.717, 1.165) is 6.54 Å². The second-order valence-corrected chi connectivity index (χ2v) is 2.99. The molecule has 82 valence electrons. The van der Waals surface area contributed by atoms with E-state index in [9.17, 15) is 9.59 Å². The number of carbonyl (C=O) groups excluding carboxylic acids is 2. The first kappa shape index (κ1) is 11.4. The zero-order valence-electron chi connectivity index (χ0n) is 8.90. The second-order valence-electron chi connectivity index (χ2n) is 2.99. The lowest BCUT2D eigenvalue weighted by Gasteiger charge is -1.98. The van der Waals surface area contributed by atoms with Gasteiger partial charge in [-0.05, 0) is 13.8 Å². The summed E-state index contributed by atoms with van der Waals surface area (Å²) in [7, 11) is 0. The Morgan fingerprint density at radius 3 is 2.73 bits per heavy atom. The molecule has 15 heavy (non-hydrogen) atoms. The molecule has 5 nitrogen and oxygen atoms in total. The summed E-state index contributed by atoms with van der Waals surface area (Å²) in [5.41, 5.74) is 0.310. The highest BCUT2D eigenvalue weighted by Gasteiger charge is 2.14. The lowest BCUT2D eigenvalue weighted by atomic mass is 10.2. The molecule has 1 heterocycles. The number of esters is 1. The predicted octanol–water partition coefficient (Wildman–Crippen LogP) is 1.04. The molecular formula is C10H14N2O3. The van der Waals surface area contributed by atoms with Gasteiger partial charge < -0.3 is 9.30 Å². The fraction of sp³-hybridized carbons (Fsp3) is 0.500. The summed E-state index contributed by atoms with van der Waals surface area (Å²) in [4.78, 5) is 26.4. The van der Waals surface area contributed by atoms with Crippen molar-refractivity contribution in [2.75, 3.05) is 6.61 Å². The summed E-state index contributed by atoms with van der Waals surface area (Å²) in [5.74, 6) is -0.811. The van der Waals surface area contributed by atoms with E-state index in [-0.39, 0.29) is 18.8 Å². The Morgan fingerprint density at radius 1 is 1.47 bits per heavy atom. The van der Waals surface area contributed by atoms with Crippen LogP contribution in [0.5, 0.6) is 0 Å². The van der Waals surface area contributed by atoms with Gasteiger partial charge in [0.05, 0.1) is 12.9 Å². The van der Waals surface area contributed by atoms with Gasteiger partial charge in [0.1, 0.15) is 12.1 Å². The molecule has 0 atom stereocenters. The number of rotatable bonds is 5. The fourth-order valence-electron chi connectivity index (χ4n) is 1.11. The van der Waals surface area contributed by atoms with Gasteiger partial charge in [0.25, 0.3) is 0 Å². The van der Waals surface area contributed by atoms with E-state index in [2.05, 4.69) is 9.72 Å². The highest BCUT2D eigenvalue weighted by Crippen LogP contribution is 2.01. The number of imidazole rings is 1. The number of aryl methyl sites for hydroxylation is 1. The Labute approximate surface area is 88.1 Å². The molecule has 0 radical (unpaired) electrons. The van der Waals surface area contributed by atoms with Gasteiger partial charge in [-0.25, -0.2) is 4.98 Å². The molecule has 0 N–H and O–H groups in total. The number of ketones is 1. The van der Waals surface area contributed by atoms with Crippen molar-refractivity contribution in [1.29, 1.82) is 0 Å². The Bertz CT molecular complexity index is 357. The Morgan fingerprint density at radius 2 is 2.20 bits per heavy atom. The van der Waals surface area contributed by atoms with Crippen LogP contribution in [0.3, 0.4) is 0 Å². The van der Waals surface area contributed by atoms with Gasteiger partial charge in [0.15, 0.2) is 5.78 Å². The molecule has 0 bridgehead atoms. The molecule has 5 heteroatoms. The van der Waals surface area contributed by atoms with Crippen molar-refractivity contribution in [3.05, 3.63) is 18.2 Å². The normalized spacial score (nSPS) is 10.0. The highest BCUT2D eigenvalue weighted by molar-refractivity contribution is 6.04. The molecule has 0 unspecified atom stereocenters. The number of carbonyl (C=O) groups is 2. The third-order valence-corrected chi connectivity index (χ3v) is 1.89. The molecule has 1 aromatic heterocycles. The minimum atomic E-state index is -0.506. The van der Waals surface area contributed by atoms with Crippen LogP contribution in [0.15, 0.2) is 12.5 Å². The van der Waals surface area contributed by atoms with E-state index in [0.29, 0.717) is 5.69 Å². The molecule has 0 fully saturated rings. The molecule has 0 aromatic carbocycles. The first-order valence-corrected chi connectivity index (χ1v) is 4.88. The van der Waals surface area contributed by atoms with Gasteiger partial charge in [-0.1, -0.05) is 0 Å². The summed E-state index contributed by atoms with van der Waals surface area (Å²) >= 11 is 0. The van der Waals surface area contributed by atoms with Crippen molar-refractivity contribution in [2.24, 2.45) is 0 Å². The first-order valence-electron chi connectivity index (χ1n) is 4.88. The first-order chi connectivity index (χ1) is 7.17. The zero-order valence-corrected chi connectivity index (χ0v) is 8.90. The smallest absolute Gasteiger partial charge is 0.313 e. The standard InChI is InChI=1S/C10H14N2O3/c1-3-12-6-8(11-7-12)9(13)5-10(14)15-4-2/h6-7H,3-5H2,1-2H3. The lowest BCUT2D eigenvalue weighted by Crippen LogP contribution is -2.11. The minimum absolute atomic E-state index is 0.242. The van der Waals surface area contributed by atoms with Crippen molar-refractivity contribution in [2.45, 2.75) is 26.8 Å². The van der Waals surface area contributed by atoms with Gasteiger partial charge in [-0.15, -0.1) is 0 Å². The van der Waals surface area contributed by atoms with E-state index >= 15 is 0 Å². The Kier molecular flexibility index (Phi) is 4.03. The number of ether oxygens (including phenoxy) is 1. The number of Topliss-reactive ketones (excluding diaryl/α,β-unsaturated/α-hetero) is 1. The van der Waals surface area contributed by atoms with Crippen molar-refractivity contribution < 1.29 is 14.3 Å². The predicted molar refractivity (Wildman–Crippen MR) is 53.5 cm³/mol. The van der Waals surface area contributed by atoms with Gasteiger partial charge in [-0.3, -0.25) is 9.59 Å². The topological polar surface area (TPSA) is 61.2 Å². The van der Waals surface area contributed by atoms with Crippen molar-refractivity contribution in [1.82, 2.24) is 9.55 Å². The van der Waals surface area contributed by atoms with Crippen LogP contribution in [0, 0.1) is 0 Å². The summed E-state index contributed by atoms with van der Waals surface area (Å²) in [6.07, 6.45) is 2.95. The Hall–Kier alpha value is -1.65. The van der Waals surface area contributed by atoms with Gasteiger partial charge in [-0.2, -0.15) is 0 Å². The van der Waals surface area contributed by atoms with Crippen LogP contribution in [0.25, 0.3) is 0 Å². The minimum Gasteiger partial charge on any atom is -0.466 e. The summed E-state index contributed by atoms with van der Waals surface area (Å²) in [6.45, 7) is 4.69. The average Bonchev–Trinajstić information content (AvgIpc) is 2.66. The van der Waals surface area contributed by atoms with Crippen molar-refractivity contribution in [3.63, 3.8) is 0 Å². The zero-order chi connectivity index (χ0) is 11.3. The molecule has 0 aliphatic heterocycles. The molecular weight excluding hydrogens is 196 g/mol. The van der Waals surface area contributed by atoms with Gasteiger partial charge in [0, 0.05) is 12.7 Å². The fourth-order valence-corrected chi connectivity index (χ4v) is 1.11. The molecule has 1 aromatic rings. The van der Waals surface area contributed by atoms with Crippen LogP contribution >= 0.6 is 0 Å². The number of hydrogen-bond donors (Lipinski definition) is 0. The number of aromatic nitrogens is 2. The van der Waals surface area contributed by atoms with E-state index in [1.54, 1.807) is 24.0 Å². The molecule has 0 aliphatic rings. The maximum Gasteiger partial charge on any atom is 0.313 e. The molecule has 0 saturated carbocycles. The van der Waals surface area contributed by atoms with E-state index < -0.39 is 5.97 Å². The van der Waals surface area contributed by atoms with E-state index in [1.165, 1.54) is 0 Å². The van der Waals surface area contributed by atoms with Crippen molar-refractivity contribution in [3.8, 4) is 0 Å². The van der Waals surface area contributed by atoms with Crippen LogP contribution in [0.4, 0.5) is 0 Å². The molecule has 1 rings (SSSR count). The molecule has 0 saturated heterocycles. The second kappa shape index (κ2) is 5.29. The number of hydrogen-bond acceptors (Lipinski definition) is 4. The Balaban J connectivity index is 2.57. The molecule has 0 spiro atoms. The van der Waals surface area contributed by atoms with E-state index in [1.807, 2.05) is 6.92 Å². The van der Waals surface area contributed by atoms with Crippen LogP contribution in [0.1, 0.15) is 30.8 Å². The third-order valence-electron chi connectivity index (χ3n) is 1.89. The third kappa shape index (κ3) is 3.19. The average molecular weight is 210 g/mol.